The molecule has 191 valence electrons. The minimum absolute atomic E-state index is 0. The normalized spacial score (nSPS) is 9.06. The maximum atomic E-state index is 9.75. The number of rotatable bonds is 3. The fourth-order valence-corrected chi connectivity index (χ4v) is 4.89. The molecule has 0 aliphatic rings. The van der Waals surface area contributed by atoms with E-state index in [0.717, 1.165) is 0 Å². The number of carbonyl (C=O) groups excluding carboxylic acids is 3. The number of Topliss-reactive ketones (excluding diaryl/α,β-unsaturated/α-hetero) is 2. The number of ketones is 2. The molecule has 0 aliphatic carbocycles. The van der Waals surface area contributed by atoms with Gasteiger partial charge in [-0.3, -0.25) is 6.79 Å². The standard InChI is InChI=1S/C18H15P.2C3H6O.CHO.BF4.Rh/c1-4-10-16(11-5-1)19(17-12-6-2-7-13-17)18-14-8-3-9-15-18;2*1-3(2)4;1-2;2-1(3,4)5;/h1-15H;2*1-2H3;1H;;/q;;;2*-1;+2/p+1. The van der Waals surface area contributed by atoms with Gasteiger partial charge in [0.15, 0.2) is 0 Å². The van der Waals surface area contributed by atoms with E-state index in [1.165, 1.54) is 43.6 Å². The molecule has 0 aliphatic heterocycles. The molecule has 35 heavy (non-hydrogen) atoms. The minimum atomic E-state index is -6.00. The Morgan fingerprint density at radius 1 is 0.571 bits per heavy atom. The molecule has 0 spiro atoms. The van der Waals surface area contributed by atoms with Gasteiger partial charge in [-0.2, -0.15) is 0 Å². The molecule has 1 radical (unpaired) electrons. The topological polar surface area (TPSA) is 51.2 Å². The van der Waals surface area contributed by atoms with Gasteiger partial charge in [-0.25, -0.2) is 0 Å². The first kappa shape index (κ1) is 37.1. The van der Waals surface area contributed by atoms with Crippen LogP contribution in [0.25, 0.3) is 0 Å². The van der Waals surface area contributed by atoms with Crippen LogP contribution in [0, 0.1) is 0 Å². The molecule has 0 amide bonds. The predicted molar refractivity (Wildman–Crippen MR) is 136 cm³/mol. The van der Waals surface area contributed by atoms with Crippen LogP contribution in [-0.2, 0) is 33.9 Å². The van der Waals surface area contributed by atoms with Gasteiger partial charge in [0.1, 0.15) is 27.5 Å². The van der Waals surface area contributed by atoms with E-state index < -0.39 is 15.2 Å². The van der Waals surface area contributed by atoms with Crippen LogP contribution in [0.4, 0.5) is 17.3 Å². The largest absolute Gasteiger partial charge is 2.00 e. The molecule has 3 aromatic rings. The zero-order valence-corrected chi connectivity index (χ0v) is 22.5. The molecule has 3 nitrogen and oxygen atoms in total. The second-order valence-electron chi connectivity index (χ2n) is 6.78. The first-order valence-electron chi connectivity index (χ1n) is 10.00. The van der Waals surface area contributed by atoms with E-state index in [4.69, 9.17) is 4.79 Å². The van der Waals surface area contributed by atoms with Crippen LogP contribution < -0.4 is 15.9 Å². The summed E-state index contributed by atoms with van der Waals surface area (Å²) in [7, 11) is -6.88. The fraction of sp³-hybridized carbons (Fsp3) is 0.160. The maximum absolute atomic E-state index is 9.75. The molecule has 0 aromatic heterocycles. The molecule has 0 N–H and O–H groups in total. The maximum Gasteiger partial charge on any atom is 2.00 e. The Morgan fingerprint density at radius 2 is 0.714 bits per heavy atom. The van der Waals surface area contributed by atoms with Crippen LogP contribution in [0.5, 0.6) is 0 Å². The monoisotopic (exact) mass is 598 g/mol. The van der Waals surface area contributed by atoms with Crippen molar-refractivity contribution < 1.29 is 51.1 Å². The van der Waals surface area contributed by atoms with Crippen molar-refractivity contribution >= 4 is 49.4 Å². The van der Waals surface area contributed by atoms with Gasteiger partial charge in [0, 0.05) is 0 Å². The minimum Gasteiger partial charge on any atom is -0.545 e. The molecular formula is C25H29BF4O3PRh+. The van der Waals surface area contributed by atoms with Crippen molar-refractivity contribution in [2.24, 2.45) is 0 Å². The number of hydrogen-bond acceptors (Lipinski definition) is 3. The van der Waals surface area contributed by atoms with Gasteiger partial charge in [-0.1, -0.05) is 54.6 Å². The molecule has 0 saturated heterocycles. The van der Waals surface area contributed by atoms with Gasteiger partial charge in [0.2, 0.25) is 0 Å². The Balaban J connectivity index is -0.000000534. The molecule has 0 atom stereocenters. The molecule has 0 saturated carbocycles. The van der Waals surface area contributed by atoms with Gasteiger partial charge in [0.25, 0.3) is 0 Å². The third-order valence-corrected chi connectivity index (χ3v) is 5.92. The number of halogens is 4. The van der Waals surface area contributed by atoms with Crippen molar-refractivity contribution in [2.45, 2.75) is 27.7 Å². The van der Waals surface area contributed by atoms with E-state index in [-0.39, 0.29) is 31.0 Å². The van der Waals surface area contributed by atoms with Crippen molar-refractivity contribution in [1.82, 2.24) is 0 Å². The average Bonchev–Trinajstić information content (AvgIpc) is 2.76. The van der Waals surface area contributed by atoms with Crippen LogP contribution >= 0.6 is 7.92 Å². The Bertz CT molecular complexity index is 812. The summed E-state index contributed by atoms with van der Waals surface area (Å²) in [6, 6.07) is 32.5. The number of hydrogen-bond donors (Lipinski definition) is 0. The smallest absolute Gasteiger partial charge is 0.545 e. The van der Waals surface area contributed by atoms with Gasteiger partial charge in [-0.05, 0) is 64.1 Å². The van der Waals surface area contributed by atoms with E-state index in [9.17, 15) is 26.9 Å². The summed E-state index contributed by atoms with van der Waals surface area (Å²) in [5, 5.41) is 4.31. The third kappa shape index (κ3) is 24.4. The summed E-state index contributed by atoms with van der Waals surface area (Å²) in [6.07, 6.45) is 0. The predicted octanol–water partition coefficient (Wildman–Crippen LogP) is 5.39. The SMILES string of the molecule is CC(C)=O.CC(C)=O.F[B-](F)(F)F.[CH-]=O.[Rh+2].c1ccc([PH+](c2ccccc2)c2ccccc2)cc1. The summed E-state index contributed by atoms with van der Waals surface area (Å²) in [5.74, 6) is 0.333. The van der Waals surface area contributed by atoms with Crippen molar-refractivity contribution in [3.05, 3.63) is 91.0 Å². The van der Waals surface area contributed by atoms with Crippen LogP contribution in [0.1, 0.15) is 27.7 Å². The third-order valence-electron chi connectivity index (χ3n) is 3.19. The average molecular weight is 598 g/mol. The zero-order valence-electron chi connectivity index (χ0n) is 19.9. The molecule has 0 unspecified atom stereocenters. The van der Waals surface area contributed by atoms with Crippen LogP contribution in [-0.4, -0.2) is 25.6 Å². The fourth-order valence-electron chi connectivity index (χ4n) is 2.31. The van der Waals surface area contributed by atoms with Crippen LogP contribution in [0.2, 0.25) is 0 Å². The van der Waals surface area contributed by atoms with Crippen molar-refractivity contribution in [1.29, 1.82) is 0 Å². The Morgan fingerprint density at radius 3 is 0.857 bits per heavy atom. The van der Waals surface area contributed by atoms with Gasteiger partial charge >= 0.3 is 26.7 Å². The van der Waals surface area contributed by atoms with Crippen LogP contribution in [0.3, 0.4) is 0 Å². The van der Waals surface area contributed by atoms with Gasteiger partial charge in [-0.15, -0.1) is 0 Å². The van der Waals surface area contributed by atoms with Gasteiger partial charge in [0.05, 0.1) is 7.92 Å². The molecule has 0 fully saturated rings. The Kier molecular flexibility index (Phi) is 23.3. The molecule has 3 rings (SSSR count). The van der Waals surface area contributed by atoms with Crippen LogP contribution in [0.15, 0.2) is 91.0 Å². The summed E-state index contributed by atoms with van der Waals surface area (Å²) in [5.41, 5.74) is 0. The molecule has 3 aromatic carbocycles. The Labute approximate surface area is 219 Å². The second-order valence-corrected chi connectivity index (χ2v) is 9.27. The first-order chi connectivity index (χ1) is 15.9. The zero-order chi connectivity index (χ0) is 26.6. The summed E-state index contributed by atoms with van der Waals surface area (Å²) >= 11 is 0. The van der Waals surface area contributed by atoms with E-state index in [2.05, 4.69) is 97.8 Å². The quantitative estimate of drug-likeness (QED) is 0.134. The van der Waals surface area contributed by atoms with Gasteiger partial charge < -0.3 is 31.6 Å². The molecular weight excluding hydrogens is 569 g/mol. The van der Waals surface area contributed by atoms with E-state index in [0.29, 0.717) is 0 Å². The summed E-state index contributed by atoms with van der Waals surface area (Å²) < 4.78 is 39.0. The molecule has 0 heterocycles. The number of benzene rings is 3. The summed E-state index contributed by atoms with van der Waals surface area (Å²) in [6.45, 7) is 9.36. The van der Waals surface area contributed by atoms with E-state index in [1.807, 2.05) is 0 Å². The molecule has 0 bridgehead atoms. The van der Waals surface area contributed by atoms with E-state index in [1.54, 1.807) is 0 Å². The first-order valence-corrected chi connectivity index (χ1v) is 11.5. The number of carbonyl (C=O) groups is 2. The molecule has 10 heteroatoms. The Hall–Kier alpha value is -2.49. The van der Waals surface area contributed by atoms with Crippen molar-refractivity contribution in [2.75, 3.05) is 0 Å². The van der Waals surface area contributed by atoms with Crippen molar-refractivity contribution in [3.8, 4) is 0 Å². The van der Waals surface area contributed by atoms with Crippen molar-refractivity contribution in [3.63, 3.8) is 0 Å². The summed E-state index contributed by atoms with van der Waals surface area (Å²) in [4.78, 5) is 26.6. The second kappa shape index (κ2) is 22.0. The van der Waals surface area contributed by atoms with E-state index >= 15 is 0 Å².